The quantitative estimate of drug-likeness (QED) is 0.738. The van der Waals surface area contributed by atoms with Crippen molar-refractivity contribution >= 4 is 11.6 Å². The summed E-state index contributed by atoms with van der Waals surface area (Å²) in [4.78, 5) is 4.10. The molecule has 2 N–H and O–H groups in total. The van der Waals surface area contributed by atoms with Crippen molar-refractivity contribution in [2.45, 2.75) is 24.9 Å². The van der Waals surface area contributed by atoms with E-state index in [4.69, 9.17) is 11.6 Å². The summed E-state index contributed by atoms with van der Waals surface area (Å²) in [5, 5.41) is 18.6. The Kier molecular flexibility index (Phi) is 4.64. The van der Waals surface area contributed by atoms with E-state index in [1.54, 1.807) is 49.4 Å². The molecule has 4 nitrogen and oxygen atoms in total. The summed E-state index contributed by atoms with van der Waals surface area (Å²) < 4.78 is 14.3. The molecule has 3 aromatic rings. The van der Waals surface area contributed by atoms with Gasteiger partial charge in [-0.1, -0.05) is 48.9 Å². The zero-order valence-corrected chi connectivity index (χ0v) is 13.8. The first kappa shape index (κ1) is 16.6. The lowest BCUT2D eigenvalue weighted by molar-refractivity contribution is 0.00980. The first-order valence-corrected chi connectivity index (χ1v) is 7.95. The largest absolute Gasteiger partial charge is 0.384 e. The van der Waals surface area contributed by atoms with Gasteiger partial charge < -0.3 is 5.11 Å². The maximum atomic E-state index is 14.3. The minimum Gasteiger partial charge on any atom is -0.384 e. The fourth-order valence-electron chi connectivity index (χ4n) is 2.90. The Balaban J connectivity index is 2.07. The Morgan fingerprint density at radius 1 is 1.21 bits per heavy atom. The van der Waals surface area contributed by atoms with Crippen molar-refractivity contribution in [2.75, 3.05) is 0 Å². The second-order valence-corrected chi connectivity index (χ2v) is 6.22. The van der Waals surface area contributed by atoms with Gasteiger partial charge in [-0.25, -0.2) is 9.37 Å². The number of aliphatic hydroxyl groups is 1. The van der Waals surface area contributed by atoms with Crippen LogP contribution < -0.4 is 0 Å². The summed E-state index contributed by atoms with van der Waals surface area (Å²) in [5.74, 6) is -0.337. The van der Waals surface area contributed by atoms with Gasteiger partial charge in [-0.15, -0.1) is 0 Å². The van der Waals surface area contributed by atoms with E-state index in [9.17, 15) is 9.50 Å². The summed E-state index contributed by atoms with van der Waals surface area (Å²) in [5.41, 5.74) is -0.291. The highest BCUT2D eigenvalue weighted by molar-refractivity contribution is 6.30. The van der Waals surface area contributed by atoms with Crippen molar-refractivity contribution in [2.24, 2.45) is 0 Å². The number of H-pyrrole nitrogens is 1. The molecule has 0 saturated heterocycles. The zero-order valence-electron chi connectivity index (χ0n) is 13.1. The highest BCUT2D eigenvalue weighted by Gasteiger charge is 2.38. The highest BCUT2D eigenvalue weighted by Crippen LogP contribution is 2.40. The summed E-state index contributed by atoms with van der Waals surface area (Å²) in [6, 6.07) is 13.4. The van der Waals surface area contributed by atoms with Gasteiger partial charge in [0.25, 0.3) is 0 Å². The van der Waals surface area contributed by atoms with Gasteiger partial charge in [-0.3, -0.25) is 5.10 Å². The number of nitrogens with zero attached hydrogens (tertiary/aromatic N) is 2. The van der Waals surface area contributed by atoms with Gasteiger partial charge >= 0.3 is 0 Å². The summed E-state index contributed by atoms with van der Waals surface area (Å²) >= 11 is 5.96. The van der Waals surface area contributed by atoms with E-state index in [-0.39, 0.29) is 12.2 Å². The minimum atomic E-state index is -1.37. The van der Waals surface area contributed by atoms with Crippen LogP contribution in [0.3, 0.4) is 0 Å². The molecule has 1 aromatic heterocycles. The van der Waals surface area contributed by atoms with E-state index < -0.39 is 11.5 Å². The molecule has 0 aliphatic rings. The van der Waals surface area contributed by atoms with E-state index in [0.29, 0.717) is 22.0 Å². The van der Waals surface area contributed by atoms with Gasteiger partial charge in [0.15, 0.2) is 0 Å². The average molecular weight is 346 g/mol. The van der Waals surface area contributed by atoms with E-state index in [1.807, 2.05) is 0 Å². The predicted molar refractivity (Wildman–Crippen MR) is 90.3 cm³/mol. The molecule has 2 atom stereocenters. The van der Waals surface area contributed by atoms with Crippen molar-refractivity contribution < 1.29 is 9.50 Å². The van der Waals surface area contributed by atoms with Crippen LogP contribution in [0.25, 0.3) is 0 Å². The van der Waals surface area contributed by atoms with Crippen LogP contribution in [0.15, 0.2) is 54.9 Å². The molecule has 24 heavy (non-hydrogen) atoms. The molecule has 0 radical (unpaired) electrons. The van der Waals surface area contributed by atoms with Gasteiger partial charge in [0.2, 0.25) is 0 Å². The minimum absolute atomic E-state index is 0.171. The van der Waals surface area contributed by atoms with E-state index in [0.717, 1.165) is 0 Å². The van der Waals surface area contributed by atoms with Crippen molar-refractivity contribution in [3.8, 4) is 0 Å². The van der Waals surface area contributed by atoms with Crippen LogP contribution in [-0.4, -0.2) is 20.3 Å². The first-order chi connectivity index (χ1) is 11.5. The van der Waals surface area contributed by atoms with Crippen LogP contribution in [0, 0.1) is 5.82 Å². The fourth-order valence-corrected chi connectivity index (χ4v) is 3.02. The Labute approximate surface area is 144 Å². The van der Waals surface area contributed by atoms with Gasteiger partial charge in [-0.05, 0) is 29.3 Å². The molecule has 2 unspecified atom stereocenters. The first-order valence-electron chi connectivity index (χ1n) is 7.58. The van der Waals surface area contributed by atoms with Gasteiger partial charge in [0.1, 0.15) is 23.6 Å². The number of hydrogen-bond donors (Lipinski definition) is 2. The topological polar surface area (TPSA) is 61.8 Å². The number of hydrogen-bond acceptors (Lipinski definition) is 3. The maximum absolute atomic E-state index is 14.3. The van der Waals surface area contributed by atoms with Crippen molar-refractivity contribution in [1.82, 2.24) is 15.2 Å². The number of aromatic amines is 1. The van der Waals surface area contributed by atoms with E-state index >= 15 is 0 Å². The molecule has 0 saturated carbocycles. The Bertz CT molecular complexity index is 807. The zero-order chi connectivity index (χ0) is 17.2. The normalized spacial score (nSPS) is 15.0. The Morgan fingerprint density at radius 3 is 2.54 bits per heavy atom. The number of nitrogens with one attached hydrogen (secondary N) is 1. The van der Waals surface area contributed by atoms with Crippen LogP contribution >= 0.6 is 11.6 Å². The van der Waals surface area contributed by atoms with Crippen molar-refractivity contribution in [1.29, 1.82) is 0 Å². The van der Waals surface area contributed by atoms with Crippen LogP contribution in [0.1, 0.15) is 29.8 Å². The van der Waals surface area contributed by atoms with Gasteiger partial charge in [-0.2, -0.15) is 5.10 Å². The van der Waals surface area contributed by atoms with Crippen LogP contribution in [0.5, 0.6) is 0 Å². The van der Waals surface area contributed by atoms with Gasteiger partial charge in [0, 0.05) is 17.4 Å². The number of benzene rings is 2. The van der Waals surface area contributed by atoms with Crippen LogP contribution in [-0.2, 0) is 12.0 Å². The third kappa shape index (κ3) is 3.18. The third-order valence-electron chi connectivity index (χ3n) is 4.33. The molecule has 124 valence electrons. The Morgan fingerprint density at radius 2 is 1.92 bits per heavy atom. The maximum Gasteiger partial charge on any atom is 0.137 e. The molecule has 0 bridgehead atoms. The van der Waals surface area contributed by atoms with Crippen molar-refractivity contribution in [3.05, 3.63) is 82.6 Å². The monoisotopic (exact) mass is 345 g/mol. The summed E-state index contributed by atoms with van der Waals surface area (Å²) in [6.45, 7) is 1.80. The molecule has 3 rings (SSSR count). The molecule has 6 heteroatoms. The van der Waals surface area contributed by atoms with E-state index in [1.165, 1.54) is 12.4 Å². The molecule has 0 spiro atoms. The Hall–Kier alpha value is -2.24. The third-order valence-corrected chi connectivity index (χ3v) is 4.59. The number of aromatic nitrogens is 3. The smallest absolute Gasteiger partial charge is 0.137 e. The molecule has 0 aliphatic heterocycles. The average Bonchev–Trinajstić information content (AvgIpc) is 3.08. The highest BCUT2D eigenvalue weighted by atomic mass is 35.5. The lowest BCUT2D eigenvalue weighted by atomic mass is 9.76. The van der Waals surface area contributed by atoms with E-state index in [2.05, 4.69) is 15.2 Å². The predicted octanol–water partition coefficient (Wildman–Crippen LogP) is 3.83. The molecular formula is C18H17ClFN3O. The molecule has 1 heterocycles. The molecule has 0 amide bonds. The lowest BCUT2D eigenvalue weighted by Crippen LogP contribution is -2.35. The second-order valence-electron chi connectivity index (χ2n) is 5.78. The SMILES string of the molecule is CC(c1ccccc1F)C(O)(Cc1ncn[nH]1)c1ccc(Cl)cc1. The lowest BCUT2D eigenvalue weighted by Gasteiger charge is -2.34. The molecule has 2 aromatic carbocycles. The van der Waals surface area contributed by atoms with Crippen molar-refractivity contribution in [3.63, 3.8) is 0 Å². The summed E-state index contributed by atoms with van der Waals surface area (Å²) in [6.07, 6.45) is 1.55. The molecular weight excluding hydrogens is 329 g/mol. The van der Waals surface area contributed by atoms with Gasteiger partial charge in [0.05, 0.1) is 0 Å². The summed E-state index contributed by atoms with van der Waals surface area (Å²) in [7, 11) is 0. The van der Waals surface area contributed by atoms with Crippen LogP contribution in [0.4, 0.5) is 4.39 Å². The van der Waals surface area contributed by atoms with Crippen LogP contribution in [0.2, 0.25) is 5.02 Å². The molecule has 0 fully saturated rings. The fraction of sp³-hybridized carbons (Fsp3) is 0.222. The molecule has 0 aliphatic carbocycles. The number of rotatable bonds is 5. The number of halogens is 2. The standard InChI is InChI=1S/C18H17ClFN3O/c1-12(15-4-2-3-5-16(15)20)18(24,10-17-21-11-22-23-17)13-6-8-14(19)9-7-13/h2-9,11-12,24H,10H2,1H3,(H,21,22,23). The second kappa shape index (κ2) is 6.71.